The van der Waals surface area contributed by atoms with Crippen LogP contribution in [0.2, 0.25) is 0 Å². The Balaban J connectivity index is 2.31. The van der Waals surface area contributed by atoms with Crippen LogP contribution in [0.5, 0.6) is 0 Å². The van der Waals surface area contributed by atoms with Gasteiger partial charge in [-0.25, -0.2) is 9.78 Å². The highest BCUT2D eigenvalue weighted by Crippen LogP contribution is 2.24. The molecular weight excluding hydrogens is 164 g/mol. The highest BCUT2D eigenvalue weighted by Gasteiger charge is 2.17. The number of aromatic nitrogens is 2. The summed E-state index contributed by atoms with van der Waals surface area (Å²) in [6.07, 6.45) is 6.24. The van der Waals surface area contributed by atoms with E-state index in [1.54, 1.807) is 6.20 Å². The quantitative estimate of drug-likeness (QED) is 0.704. The predicted octanol–water partition coefficient (Wildman–Crippen LogP) is 1.28. The van der Waals surface area contributed by atoms with Crippen molar-refractivity contribution in [2.75, 3.05) is 0 Å². The van der Waals surface area contributed by atoms with Gasteiger partial charge >= 0.3 is 5.69 Å². The molecule has 0 spiro atoms. The summed E-state index contributed by atoms with van der Waals surface area (Å²) < 4.78 is 0. The van der Waals surface area contributed by atoms with E-state index in [-0.39, 0.29) is 5.69 Å². The fraction of sp³-hybridized carbons (Fsp3) is 0.600. The molecule has 70 valence electrons. The number of H-pyrrole nitrogens is 1. The lowest BCUT2D eigenvalue weighted by Gasteiger charge is -2.22. The van der Waals surface area contributed by atoms with Crippen LogP contribution in [-0.4, -0.2) is 9.97 Å². The van der Waals surface area contributed by atoms with Gasteiger partial charge in [0.05, 0.1) is 0 Å². The van der Waals surface area contributed by atoms with E-state index in [4.69, 9.17) is 0 Å². The summed E-state index contributed by atoms with van der Waals surface area (Å²) >= 11 is 0. The van der Waals surface area contributed by atoms with Gasteiger partial charge in [-0.3, -0.25) is 0 Å². The van der Waals surface area contributed by atoms with Gasteiger partial charge in [0, 0.05) is 11.9 Å². The van der Waals surface area contributed by atoms with E-state index in [2.05, 4.69) is 16.9 Å². The SMILES string of the molecule is CCC1CCc2[nH]c(=O)ncc2C1. The van der Waals surface area contributed by atoms with Gasteiger partial charge < -0.3 is 4.98 Å². The fourth-order valence-corrected chi connectivity index (χ4v) is 1.97. The molecule has 0 radical (unpaired) electrons. The molecule has 0 fully saturated rings. The third-order valence-corrected chi connectivity index (χ3v) is 2.87. The lowest BCUT2D eigenvalue weighted by molar-refractivity contribution is 0.437. The maximum Gasteiger partial charge on any atom is 0.345 e. The number of aromatic amines is 1. The Morgan fingerprint density at radius 2 is 2.54 bits per heavy atom. The molecule has 0 amide bonds. The molecule has 0 aromatic carbocycles. The van der Waals surface area contributed by atoms with E-state index in [0.29, 0.717) is 0 Å². The number of nitrogens with one attached hydrogen (secondary N) is 1. The smallest absolute Gasteiger partial charge is 0.310 e. The van der Waals surface area contributed by atoms with Crippen LogP contribution in [-0.2, 0) is 12.8 Å². The van der Waals surface area contributed by atoms with Crippen LogP contribution < -0.4 is 5.69 Å². The highest BCUT2D eigenvalue weighted by atomic mass is 16.1. The number of fused-ring (bicyclic) bond motifs is 1. The van der Waals surface area contributed by atoms with E-state index in [9.17, 15) is 4.79 Å². The molecule has 0 saturated heterocycles. The van der Waals surface area contributed by atoms with Gasteiger partial charge in [0.25, 0.3) is 0 Å². The number of nitrogens with zero attached hydrogens (tertiary/aromatic N) is 1. The van der Waals surface area contributed by atoms with Crippen LogP contribution in [0, 0.1) is 5.92 Å². The third-order valence-electron chi connectivity index (χ3n) is 2.87. The minimum Gasteiger partial charge on any atom is -0.310 e. The van der Waals surface area contributed by atoms with E-state index in [1.807, 2.05) is 0 Å². The molecule has 3 heteroatoms. The maximum atomic E-state index is 10.9. The molecule has 3 nitrogen and oxygen atoms in total. The second-order valence-electron chi connectivity index (χ2n) is 3.71. The largest absolute Gasteiger partial charge is 0.345 e. The van der Waals surface area contributed by atoms with Crippen molar-refractivity contribution in [3.05, 3.63) is 27.9 Å². The molecule has 1 aromatic heterocycles. The molecule has 2 rings (SSSR count). The molecule has 13 heavy (non-hydrogen) atoms. The number of rotatable bonds is 1. The highest BCUT2D eigenvalue weighted by molar-refractivity contribution is 5.19. The van der Waals surface area contributed by atoms with Crippen LogP contribution in [0.15, 0.2) is 11.0 Å². The lowest BCUT2D eigenvalue weighted by atomic mass is 9.86. The molecule has 1 N–H and O–H groups in total. The van der Waals surface area contributed by atoms with Gasteiger partial charge in [0.1, 0.15) is 0 Å². The van der Waals surface area contributed by atoms with Crippen molar-refractivity contribution < 1.29 is 0 Å². The Labute approximate surface area is 77.2 Å². The maximum absolute atomic E-state index is 10.9. The van der Waals surface area contributed by atoms with Crippen molar-refractivity contribution in [2.24, 2.45) is 5.92 Å². The summed E-state index contributed by atoms with van der Waals surface area (Å²) in [5, 5.41) is 0. The number of hydrogen-bond acceptors (Lipinski definition) is 2. The standard InChI is InChI=1S/C10H14N2O/c1-2-7-3-4-9-8(5-7)6-11-10(13)12-9/h6-7H,2-5H2,1H3,(H,11,12,13). The third kappa shape index (κ3) is 1.64. The first-order chi connectivity index (χ1) is 6.29. The molecule has 0 bridgehead atoms. The van der Waals surface area contributed by atoms with Gasteiger partial charge in [-0.1, -0.05) is 13.3 Å². The average Bonchev–Trinajstić information content (AvgIpc) is 2.17. The monoisotopic (exact) mass is 178 g/mol. The first-order valence-corrected chi connectivity index (χ1v) is 4.86. The van der Waals surface area contributed by atoms with Crippen LogP contribution in [0.1, 0.15) is 31.0 Å². The summed E-state index contributed by atoms with van der Waals surface area (Å²) in [6.45, 7) is 2.22. The number of aryl methyl sites for hydroxylation is 1. The lowest BCUT2D eigenvalue weighted by Crippen LogP contribution is -2.21. The minimum atomic E-state index is -0.214. The Morgan fingerprint density at radius 3 is 3.31 bits per heavy atom. The zero-order valence-electron chi connectivity index (χ0n) is 7.84. The Hall–Kier alpha value is -1.12. The van der Waals surface area contributed by atoms with Crippen molar-refractivity contribution in [1.82, 2.24) is 9.97 Å². The van der Waals surface area contributed by atoms with Crippen molar-refractivity contribution in [3.8, 4) is 0 Å². The first kappa shape index (κ1) is 8.48. The molecule has 1 aromatic rings. The fourth-order valence-electron chi connectivity index (χ4n) is 1.97. The van der Waals surface area contributed by atoms with E-state index >= 15 is 0 Å². The molecule has 1 aliphatic carbocycles. The Kier molecular flexibility index (Phi) is 2.17. The normalized spacial score (nSPS) is 21.2. The minimum absolute atomic E-state index is 0.214. The molecule has 1 aliphatic rings. The van der Waals surface area contributed by atoms with Crippen molar-refractivity contribution in [2.45, 2.75) is 32.6 Å². The first-order valence-electron chi connectivity index (χ1n) is 4.86. The van der Waals surface area contributed by atoms with Gasteiger partial charge in [-0.05, 0) is 30.7 Å². The zero-order valence-corrected chi connectivity index (χ0v) is 7.84. The van der Waals surface area contributed by atoms with Crippen molar-refractivity contribution in [1.29, 1.82) is 0 Å². The summed E-state index contributed by atoms with van der Waals surface area (Å²) in [6, 6.07) is 0. The van der Waals surface area contributed by atoms with Crippen molar-refractivity contribution >= 4 is 0 Å². The van der Waals surface area contributed by atoms with Crippen LogP contribution in [0.25, 0.3) is 0 Å². The average molecular weight is 178 g/mol. The summed E-state index contributed by atoms with van der Waals surface area (Å²) in [5.41, 5.74) is 2.12. The van der Waals surface area contributed by atoms with Crippen LogP contribution in [0.3, 0.4) is 0 Å². The van der Waals surface area contributed by atoms with Crippen LogP contribution in [0.4, 0.5) is 0 Å². The molecule has 0 aliphatic heterocycles. The molecule has 1 unspecified atom stereocenters. The van der Waals surface area contributed by atoms with Gasteiger partial charge in [0.15, 0.2) is 0 Å². The molecule has 1 heterocycles. The predicted molar refractivity (Wildman–Crippen MR) is 50.7 cm³/mol. The Bertz CT molecular complexity index is 356. The summed E-state index contributed by atoms with van der Waals surface area (Å²) in [4.78, 5) is 17.5. The van der Waals surface area contributed by atoms with E-state index < -0.39 is 0 Å². The summed E-state index contributed by atoms with van der Waals surface area (Å²) in [7, 11) is 0. The second-order valence-corrected chi connectivity index (χ2v) is 3.71. The second kappa shape index (κ2) is 3.32. The van der Waals surface area contributed by atoms with Gasteiger partial charge in [0.2, 0.25) is 0 Å². The number of hydrogen-bond donors (Lipinski definition) is 1. The molecular formula is C10H14N2O. The van der Waals surface area contributed by atoms with Gasteiger partial charge in [-0.2, -0.15) is 0 Å². The van der Waals surface area contributed by atoms with E-state index in [1.165, 1.54) is 18.4 Å². The topological polar surface area (TPSA) is 45.8 Å². The zero-order chi connectivity index (χ0) is 9.26. The van der Waals surface area contributed by atoms with Gasteiger partial charge in [-0.15, -0.1) is 0 Å². The summed E-state index contributed by atoms with van der Waals surface area (Å²) in [5.74, 6) is 0.778. The Morgan fingerprint density at radius 1 is 1.69 bits per heavy atom. The van der Waals surface area contributed by atoms with E-state index in [0.717, 1.165) is 24.5 Å². The van der Waals surface area contributed by atoms with Crippen LogP contribution >= 0.6 is 0 Å². The molecule has 1 atom stereocenters. The molecule has 0 saturated carbocycles. The van der Waals surface area contributed by atoms with Crippen molar-refractivity contribution in [3.63, 3.8) is 0 Å².